The maximum Gasteiger partial charge on any atom is 0.248 e. The Morgan fingerprint density at radius 1 is 0.974 bits per heavy atom. The molecule has 5 aromatic rings. The van der Waals surface area contributed by atoms with Crippen molar-refractivity contribution >= 4 is 38.2 Å². The second kappa shape index (κ2) is 11.2. The lowest BCUT2D eigenvalue weighted by molar-refractivity contribution is -0.134. The number of thiophene rings is 1. The van der Waals surface area contributed by atoms with Crippen LogP contribution in [0.4, 0.5) is 0 Å². The van der Waals surface area contributed by atoms with Crippen molar-refractivity contribution in [1.82, 2.24) is 14.6 Å². The molecule has 1 atom stereocenters. The molecule has 3 heterocycles. The van der Waals surface area contributed by atoms with Gasteiger partial charge in [0.1, 0.15) is 11.8 Å². The van der Waals surface area contributed by atoms with Gasteiger partial charge in [0.15, 0.2) is 0 Å². The van der Waals surface area contributed by atoms with Crippen molar-refractivity contribution in [1.29, 1.82) is 0 Å². The molecule has 2 aromatic carbocycles. The molecule has 1 amide bonds. The smallest absolute Gasteiger partial charge is 0.248 e. The zero-order valence-electron chi connectivity index (χ0n) is 20.2. The number of furan rings is 1. The number of aromatic amines is 1. The predicted molar refractivity (Wildman–Crippen MR) is 146 cm³/mol. The number of hydrogen-bond donors (Lipinski definition) is 2. The van der Waals surface area contributed by atoms with E-state index >= 15 is 0 Å². The molecule has 0 unspecified atom stereocenters. The topological polar surface area (TPSA) is 112 Å². The van der Waals surface area contributed by atoms with Gasteiger partial charge < -0.3 is 14.3 Å². The summed E-state index contributed by atoms with van der Waals surface area (Å²) in [6.45, 7) is 0.508. The van der Waals surface area contributed by atoms with Gasteiger partial charge in [0, 0.05) is 16.5 Å². The highest BCUT2D eigenvalue weighted by Gasteiger charge is 2.30. The van der Waals surface area contributed by atoms with Crippen LogP contribution in [0.1, 0.15) is 16.2 Å². The highest BCUT2D eigenvalue weighted by molar-refractivity contribution is 7.89. The fraction of sp³-hybridized carbons (Fsp3) is 0.143. The highest BCUT2D eigenvalue weighted by atomic mass is 32.2. The van der Waals surface area contributed by atoms with Crippen LogP contribution in [0.2, 0.25) is 0 Å². The van der Waals surface area contributed by atoms with Crippen LogP contribution < -0.4 is 10.3 Å². The number of amides is 1. The average molecular weight is 548 g/mol. The lowest BCUT2D eigenvalue weighted by atomic mass is 10.1. The Balaban J connectivity index is 1.48. The third-order valence-corrected chi connectivity index (χ3v) is 8.38. The Kier molecular flexibility index (Phi) is 7.54. The molecule has 8 nitrogen and oxygen atoms in total. The van der Waals surface area contributed by atoms with Gasteiger partial charge in [0.2, 0.25) is 21.5 Å². The largest absolute Gasteiger partial charge is 0.467 e. The van der Waals surface area contributed by atoms with Gasteiger partial charge >= 0.3 is 0 Å². The molecular weight excluding hydrogens is 522 g/mol. The molecule has 38 heavy (non-hydrogen) atoms. The number of H-pyrrole nitrogens is 1. The van der Waals surface area contributed by atoms with E-state index in [-0.39, 0.29) is 29.3 Å². The molecule has 0 aliphatic carbocycles. The van der Waals surface area contributed by atoms with Crippen LogP contribution in [-0.2, 0) is 34.3 Å². The van der Waals surface area contributed by atoms with Crippen molar-refractivity contribution in [2.45, 2.75) is 30.4 Å². The summed E-state index contributed by atoms with van der Waals surface area (Å²) in [5, 5.41) is 2.50. The van der Waals surface area contributed by atoms with E-state index in [0.717, 1.165) is 10.4 Å². The summed E-state index contributed by atoms with van der Waals surface area (Å²) in [7, 11) is -4.09. The molecule has 5 rings (SSSR count). The van der Waals surface area contributed by atoms with E-state index in [1.165, 1.54) is 29.5 Å². The molecule has 0 radical (unpaired) electrons. The zero-order chi connectivity index (χ0) is 26.5. The van der Waals surface area contributed by atoms with Crippen molar-refractivity contribution in [3.05, 3.63) is 123 Å². The average Bonchev–Trinajstić information content (AvgIpc) is 3.62. The van der Waals surface area contributed by atoms with Crippen LogP contribution in [-0.4, -0.2) is 30.3 Å². The number of benzene rings is 2. The number of pyridine rings is 1. The van der Waals surface area contributed by atoms with Gasteiger partial charge in [0.25, 0.3) is 0 Å². The van der Waals surface area contributed by atoms with Crippen molar-refractivity contribution in [3.8, 4) is 0 Å². The fourth-order valence-corrected chi connectivity index (χ4v) is 6.14. The maximum atomic E-state index is 14.0. The van der Waals surface area contributed by atoms with Gasteiger partial charge in [0.05, 0.1) is 24.2 Å². The van der Waals surface area contributed by atoms with E-state index in [1.54, 1.807) is 35.4 Å². The molecule has 0 saturated heterocycles. The third kappa shape index (κ3) is 6.10. The number of fused-ring (bicyclic) bond motifs is 1. The van der Waals surface area contributed by atoms with Crippen LogP contribution >= 0.6 is 11.3 Å². The first-order valence-corrected chi connectivity index (χ1v) is 14.3. The van der Waals surface area contributed by atoms with Gasteiger partial charge in [-0.25, -0.2) is 8.42 Å². The van der Waals surface area contributed by atoms with Crippen LogP contribution in [0.25, 0.3) is 10.9 Å². The molecule has 0 saturated carbocycles. The minimum Gasteiger partial charge on any atom is -0.467 e. The van der Waals surface area contributed by atoms with Crippen LogP contribution in [0.15, 0.2) is 111 Å². The Morgan fingerprint density at radius 3 is 2.55 bits per heavy atom. The molecule has 2 N–H and O–H groups in total. The SMILES string of the molecule is O=C([C@H](Cc1ccccc1)NS(=O)(=O)c1ccc2[nH]c(=O)ccc2c1)N(Cc1ccco1)Cc1cccs1. The first-order valence-electron chi connectivity index (χ1n) is 11.9. The number of aromatic nitrogens is 1. The van der Waals surface area contributed by atoms with Crippen molar-refractivity contribution in [3.63, 3.8) is 0 Å². The van der Waals surface area contributed by atoms with Gasteiger partial charge in [-0.15, -0.1) is 11.3 Å². The van der Waals surface area contributed by atoms with E-state index in [4.69, 9.17) is 4.42 Å². The minimum atomic E-state index is -4.09. The number of nitrogens with one attached hydrogen (secondary N) is 2. The van der Waals surface area contributed by atoms with Crippen molar-refractivity contribution in [2.75, 3.05) is 0 Å². The molecule has 0 spiro atoms. The summed E-state index contributed by atoms with van der Waals surface area (Å²) in [4.78, 5) is 30.8. The van der Waals surface area contributed by atoms with Gasteiger partial charge in [-0.05, 0) is 65.2 Å². The van der Waals surface area contributed by atoms with Crippen molar-refractivity contribution < 1.29 is 17.6 Å². The monoisotopic (exact) mass is 547 g/mol. The number of carbonyl (C=O) groups excluding carboxylic acids is 1. The summed E-state index contributed by atoms with van der Waals surface area (Å²) in [6.07, 6.45) is 1.71. The Bertz CT molecular complexity index is 1640. The third-order valence-electron chi connectivity index (χ3n) is 6.05. The summed E-state index contributed by atoms with van der Waals surface area (Å²) in [5.41, 5.74) is 1.06. The maximum absolute atomic E-state index is 14.0. The number of carbonyl (C=O) groups is 1. The summed E-state index contributed by atoms with van der Waals surface area (Å²) < 4.78 is 35.2. The second-order valence-corrected chi connectivity index (χ2v) is 11.5. The minimum absolute atomic E-state index is 0.00116. The van der Waals surface area contributed by atoms with Crippen LogP contribution in [0, 0.1) is 0 Å². The Hall–Kier alpha value is -3.99. The lowest BCUT2D eigenvalue weighted by Gasteiger charge is -2.27. The number of sulfonamides is 1. The zero-order valence-corrected chi connectivity index (χ0v) is 21.9. The van der Waals surface area contributed by atoms with Crippen LogP contribution in [0.5, 0.6) is 0 Å². The number of rotatable bonds is 10. The quantitative estimate of drug-likeness (QED) is 0.271. The first kappa shape index (κ1) is 25.7. The predicted octanol–water partition coefficient (Wildman–Crippen LogP) is 4.30. The van der Waals surface area contributed by atoms with Crippen LogP contribution in [0.3, 0.4) is 0 Å². The van der Waals surface area contributed by atoms with Gasteiger partial charge in [-0.3, -0.25) is 9.59 Å². The van der Waals surface area contributed by atoms with E-state index in [1.807, 2.05) is 47.8 Å². The molecular formula is C28H25N3O5S2. The summed E-state index contributed by atoms with van der Waals surface area (Å²) >= 11 is 1.52. The first-order chi connectivity index (χ1) is 18.4. The lowest BCUT2D eigenvalue weighted by Crippen LogP contribution is -2.49. The number of nitrogens with zero attached hydrogens (tertiary/aromatic N) is 1. The molecule has 194 valence electrons. The van der Waals surface area contributed by atoms with Gasteiger partial charge in [-0.1, -0.05) is 36.4 Å². The standard InChI is InChI=1S/C28H25N3O5S2/c32-27-13-10-21-17-24(11-12-25(21)29-27)38(34,35)30-26(16-20-6-2-1-3-7-20)28(33)31(18-22-8-4-14-36-22)19-23-9-5-15-37-23/h1-15,17,26,30H,16,18-19H2,(H,29,32)/t26-/m0/s1. The highest BCUT2D eigenvalue weighted by Crippen LogP contribution is 2.20. The molecule has 0 aliphatic heterocycles. The Labute approximate surface area is 223 Å². The van der Waals surface area contributed by atoms with E-state index < -0.39 is 16.1 Å². The van der Waals surface area contributed by atoms with E-state index in [0.29, 0.717) is 23.2 Å². The van der Waals surface area contributed by atoms with Gasteiger partial charge in [-0.2, -0.15) is 4.72 Å². The second-order valence-electron chi connectivity index (χ2n) is 8.79. The molecule has 0 aliphatic rings. The molecule has 0 bridgehead atoms. The van der Waals surface area contributed by atoms with E-state index in [2.05, 4.69) is 9.71 Å². The summed E-state index contributed by atoms with van der Waals surface area (Å²) in [5.74, 6) is 0.229. The Morgan fingerprint density at radius 2 is 1.82 bits per heavy atom. The molecule has 0 fully saturated rings. The van der Waals surface area contributed by atoms with Crippen molar-refractivity contribution in [2.24, 2.45) is 0 Å². The van der Waals surface area contributed by atoms with E-state index in [9.17, 15) is 18.0 Å². The summed E-state index contributed by atoms with van der Waals surface area (Å²) in [6, 6.07) is 22.9. The fourth-order valence-electron chi connectivity index (χ4n) is 4.20. The normalized spacial score (nSPS) is 12.4. The molecule has 3 aromatic heterocycles. The molecule has 10 heteroatoms. The number of hydrogen-bond acceptors (Lipinski definition) is 6.